The number of nitrogens with zero attached hydrogens (tertiary/aromatic N) is 1. The highest BCUT2D eigenvalue weighted by molar-refractivity contribution is 5.56. The molecule has 0 bridgehead atoms. The van der Waals surface area contributed by atoms with Crippen LogP contribution in [-0.2, 0) is 0 Å². The Hall–Kier alpha value is -2.15. The standard InChI is InChI=1S/C15H19N3O/c1-3-4-9(2)14-11-6-5-10(17)7-13(11)19-15(18)12(14)8-16/h5-7,9,14H,3-4,17-18H2,1-2H3/t9-,14+/m0/s1. The largest absolute Gasteiger partial charge is 0.440 e. The van der Waals surface area contributed by atoms with Gasteiger partial charge in [0.05, 0.1) is 5.57 Å². The van der Waals surface area contributed by atoms with Gasteiger partial charge < -0.3 is 16.2 Å². The van der Waals surface area contributed by atoms with Crippen molar-refractivity contribution in [3.63, 3.8) is 0 Å². The number of rotatable bonds is 3. The second kappa shape index (κ2) is 5.23. The van der Waals surface area contributed by atoms with Crippen LogP contribution < -0.4 is 16.2 Å². The Balaban J connectivity index is 2.52. The zero-order chi connectivity index (χ0) is 14.0. The minimum Gasteiger partial charge on any atom is -0.440 e. The van der Waals surface area contributed by atoms with Gasteiger partial charge in [0.2, 0.25) is 5.88 Å². The predicted octanol–water partition coefficient (Wildman–Crippen LogP) is 2.87. The maximum Gasteiger partial charge on any atom is 0.205 e. The molecule has 2 atom stereocenters. The van der Waals surface area contributed by atoms with Crippen LogP contribution in [0.2, 0.25) is 0 Å². The van der Waals surface area contributed by atoms with Gasteiger partial charge >= 0.3 is 0 Å². The molecule has 0 spiro atoms. The van der Waals surface area contributed by atoms with Crippen LogP contribution in [0.25, 0.3) is 0 Å². The summed E-state index contributed by atoms with van der Waals surface area (Å²) in [5, 5.41) is 9.34. The van der Waals surface area contributed by atoms with E-state index in [9.17, 15) is 5.26 Å². The number of ether oxygens (including phenoxy) is 1. The maximum atomic E-state index is 9.34. The highest BCUT2D eigenvalue weighted by Gasteiger charge is 2.32. The lowest BCUT2D eigenvalue weighted by molar-refractivity contribution is 0.359. The molecule has 19 heavy (non-hydrogen) atoms. The van der Waals surface area contributed by atoms with E-state index >= 15 is 0 Å². The van der Waals surface area contributed by atoms with E-state index in [0.29, 0.717) is 22.9 Å². The highest BCUT2D eigenvalue weighted by atomic mass is 16.5. The number of hydrogen-bond acceptors (Lipinski definition) is 4. The van der Waals surface area contributed by atoms with E-state index in [4.69, 9.17) is 16.2 Å². The third kappa shape index (κ3) is 2.37. The van der Waals surface area contributed by atoms with Gasteiger partial charge in [-0.25, -0.2) is 0 Å². The number of nitrogen functional groups attached to an aromatic ring is 1. The second-order valence-corrected chi connectivity index (χ2v) is 5.03. The summed E-state index contributed by atoms with van der Waals surface area (Å²) in [7, 11) is 0. The quantitative estimate of drug-likeness (QED) is 0.815. The summed E-state index contributed by atoms with van der Waals surface area (Å²) in [6, 6.07) is 7.74. The molecule has 4 heteroatoms. The molecule has 100 valence electrons. The summed E-state index contributed by atoms with van der Waals surface area (Å²) in [4.78, 5) is 0. The predicted molar refractivity (Wildman–Crippen MR) is 75.1 cm³/mol. The first-order valence-electron chi connectivity index (χ1n) is 6.55. The zero-order valence-corrected chi connectivity index (χ0v) is 11.3. The van der Waals surface area contributed by atoms with Crippen LogP contribution in [0.5, 0.6) is 5.75 Å². The normalized spacial score (nSPS) is 19.3. The van der Waals surface area contributed by atoms with Gasteiger partial charge in [-0.3, -0.25) is 0 Å². The number of anilines is 1. The molecule has 1 aliphatic rings. The van der Waals surface area contributed by atoms with E-state index in [-0.39, 0.29) is 11.8 Å². The van der Waals surface area contributed by atoms with Crippen LogP contribution in [0.3, 0.4) is 0 Å². The minimum atomic E-state index is -0.00528. The monoisotopic (exact) mass is 257 g/mol. The summed E-state index contributed by atoms with van der Waals surface area (Å²) >= 11 is 0. The molecule has 0 saturated heterocycles. The molecular weight excluding hydrogens is 238 g/mol. The molecule has 1 heterocycles. The van der Waals surface area contributed by atoms with E-state index in [2.05, 4.69) is 19.9 Å². The summed E-state index contributed by atoms with van der Waals surface area (Å²) in [6.45, 7) is 4.28. The molecule has 0 unspecified atom stereocenters. The van der Waals surface area contributed by atoms with Crippen molar-refractivity contribution >= 4 is 5.69 Å². The van der Waals surface area contributed by atoms with Gasteiger partial charge in [0.1, 0.15) is 11.8 Å². The SMILES string of the molecule is CCC[C@H](C)[C@H]1C(C#N)=C(N)Oc2cc(N)ccc21. The average molecular weight is 257 g/mol. The Morgan fingerprint density at radius 2 is 2.16 bits per heavy atom. The molecule has 1 aromatic rings. The van der Waals surface area contributed by atoms with E-state index in [1.807, 2.05) is 12.1 Å². The molecule has 0 radical (unpaired) electrons. The lowest BCUT2D eigenvalue weighted by Crippen LogP contribution is -2.24. The van der Waals surface area contributed by atoms with Crippen molar-refractivity contribution in [1.82, 2.24) is 0 Å². The number of hydrogen-bond donors (Lipinski definition) is 2. The van der Waals surface area contributed by atoms with E-state index < -0.39 is 0 Å². The smallest absolute Gasteiger partial charge is 0.205 e. The molecule has 1 aliphatic heterocycles. The fourth-order valence-electron chi connectivity index (χ4n) is 2.72. The summed E-state index contributed by atoms with van der Waals surface area (Å²) in [6.07, 6.45) is 2.11. The van der Waals surface area contributed by atoms with E-state index in [0.717, 1.165) is 18.4 Å². The Morgan fingerprint density at radius 1 is 1.42 bits per heavy atom. The van der Waals surface area contributed by atoms with Crippen LogP contribution in [0.15, 0.2) is 29.7 Å². The average Bonchev–Trinajstić information content (AvgIpc) is 2.37. The third-order valence-electron chi connectivity index (χ3n) is 3.60. The van der Waals surface area contributed by atoms with E-state index in [1.165, 1.54) is 0 Å². The third-order valence-corrected chi connectivity index (χ3v) is 3.60. The summed E-state index contributed by atoms with van der Waals surface area (Å²) in [5.74, 6) is 1.21. The number of fused-ring (bicyclic) bond motifs is 1. The molecule has 0 aliphatic carbocycles. The lowest BCUT2D eigenvalue weighted by Gasteiger charge is -2.30. The number of allylic oxidation sites excluding steroid dienone is 1. The molecule has 0 fully saturated rings. The zero-order valence-electron chi connectivity index (χ0n) is 11.3. The van der Waals surface area contributed by atoms with Gasteiger partial charge in [0.25, 0.3) is 0 Å². The highest BCUT2D eigenvalue weighted by Crippen LogP contribution is 2.43. The van der Waals surface area contributed by atoms with Gasteiger partial charge in [-0.15, -0.1) is 0 Å². The minimum absolute atomic E-state index is 0.00528. The van der Waals surface area contributed by atoms with Crippen molar-refractivity contribution in [3.05, 3.63) is 35.2 Å². The molecule has 0 amide bonds. The Bertz CT molecular complexity index is 557. The van der Waals surface area contributed by atoms with Crippen LogP contribution >= 0.6 is 0 Å². The first-order valence-corrected chi connectivity index (χ1v) is 6.55. The lowest BCUT2D eigenvalue weighted by atomic mass is 9.78. The van der Waals surface area contributed by atoms with Gasteiger partial charge in [-0.05, 0) is 12.0 Å². The second-order valence-electron chi connectivity index (χ2n) is 5.03. The topological polar surface area (TPSA) is 85.1 Å². The first-order chi connectivity index (χ1) is 9.08. The summed E-state index contributed by atoms with van der Waals surface area (Å²) < 4.78 is 5.53. The van der Waals surface area contributed by atoms with Crippen molar-refractivity contribution in [2.45, 2.75) is 32.6 Å². The van der Waals surface area contributed by atoms with Crippen molar-refractivity contribution < 1.29 is 4.74 Å². The van der Waals surface area contributed by atoms with Gasteiger partial charge in [0.15, 0.2) is 0 Å². The Labute approximate surface area is 113 Å². The van der Waals surface area contributed by atoms with Crippen molar-refractivity contribution in [1.29, 1.82) is 5.26 Å². The maximum absolute atomic E-state index is 9.34. The van der Waals surface area contributed by atoms with Crippen molar-refractivity contribution in [2.75, 3.05) is 5.73 Å². The molecule has 1 aromatic carbocycles. The van der Waals surface area contributed by atoms with E-state index in [1.54, 1.807) is 6.07 Å². The number of nitriles is 1. The van der Waals surface area contributed by atoms with Crippen molar-refractivity contribution in [3.8, 4) is 11.8 Å². The molecular formula is C15H19N3O. The Morgan fingerprint density at radius 3 is 2.79 bits per heavy atom. The van der Waals surface area contributed by atoms with Gasteiger partial charge in [-0.2, -0.15) is 5.26 Å². The van der Waals surface area contributed by atoms with Crippen LogP contribution in [0.1, 0.15) is 38.2 Å². The molecule has 4 N–H and O–H groups in total. The van der Waals surface area contributed by atoms with Crippen LogP contribution in [-0.4, -0.2) is 0 Å². The van der Waals surface area contributed by atoms with Gasteiger partial charge in [0, 0.05) is 23.2 Å². The number of nitrogens with two attached hydrogens (primary N) is 2. The molecule has 4 nitrogen and oxygen atoms in total. The van der Waals surface area contributed by atoms with Crippen LogP contribution in [0, 0.1) is 17.2 Å². The molecule has 0 saturated carbocycles. The Kier molecular flexibility index (Phi) is 3.66. The molecule has 2 rings (SSSR count). The van der Waals surface area contributed by atoms with Crippen molar-refractivity contribution in [2.24, 2.45) is 11.7 Å². The first kappa shape index (κ1) is 13.3. The number of benzene rings is 1. The summed E-state index contributed by atoms with van der Waals surface area (Å²) in [5.41, 5.74) is 13.8. The molecule has 0 aromatic heterocycles. The fourth-order valence-corrected chi connectivity index (χ4v) is 2.72. The fraction of sp³-hybridized carbons (Fsp3) is 0.400. The van der Waals surface area contributed by atoms with Gasteiger partial charge in [-0.1, -0.05) is 32.8 Å². The van der Waals surface area contributed by atoms with Crippen LogP contribution in [0.4, 0.5) is 5.69 Å².